The molecule has 1 rings (SSSR count). The van der Waals surface area contributed by atoms with Gasteiger partial charge < -0.3 is 11.0 Å². The molecule has 0 atom stereocenters. The molecule has 0 amide bonds. The first-order valence-electron chi connectivity index (χ1n) is 3.68. The Morgan fingerprint density at radius 1 is 1.15 bits per heavy atom. The largest absolute Gasteiger partial charge is 0.870 e. The Morgan fingerprint density at radius 2 is 1.69 bits per heavy atom. The van der Waals surface area contributed by atoms with Crippen LogP contribution in [0.5, 0.6) is 0 Å². The van der Waals surface area contributed by atoms with Crippen LogP contribution in [-0.2, 0) is 6.54 Å². The molecule has 3 nitrogen and oxygen atoms in total. The molecule has 0 aliphatic carbocycles. The van der Waals surface area contributed by atoms with Crippen LogP contribution >= 0.6 is 0 Å². The molecule has 13 heavy (non-hydrogen) atoms. The van der Waals surface area contributed by atoms with Gasteiger partial charge in [-0.05, 0) is 0 Å². The minimum absolute atomic E-state index is 0. The zero-order valence-electron chi connectivity index (χ0n) is 7.94. The van der Waals surface area contributed by atoms with Gasteiger partial charge in [0.1, 0.15) is 0 Å². The Balaban J connectivity index is 0. The first kappa shape index (κ1) is 14.7. The van der Waals surface area contributed by atoms with Crippen molar-refractivity contribution in [3.8, 4) is 0 Å². The normalized spacial score (nSPS) is 9.00. The van der Waals surface area contributed by atoms with Crippen molar-refractivity contribution in [1.82, 2.24) is 4.90 Å². The molecule has 0 saturated carbocycles. The van der Waals surface area contributed by atoms with Crippen molar-refractivity contribution < 1.29 is 11.0 Å². The Labute approximate surface area is 80.4 Å². The molecule has 0 radical (unpaired) electrons. The van der Waals surface area contributed by atoms with E-state index in [1.165, 1.54) is 5.56 Å². The molecule has 0 fully saturated rings. The average molecular weight is 179 g/mol. The van der Waals surface area contributed by atoms with E-state index in [2.05, 4.69) is 11.0 Å². The van der Waals surface area contributed by atoms with Gasteiger partial charge in [-0.25, -0.2) is 0 Å². The van der Waals surface area contributed by atoms with E-state index >= 15 is 0 Å². The Morgan fingerprint density at radius 3 is 2.15 bits per heavy atom. The van der Waals surface area contributed by atoms with Crippen LogP contribution in [0.25, 0.3) is 0 Å². The molecule has 0 heterocycles. The van der Waals surface area contributed by atoms with Crippen LogP contribution in [0.15, 0.2) is 24.3 Å². The van der Waals surface area contributed by atoms with Gasteiger partial charge in [0.2, 0.25) is 0 Å². The summed E-state index contributed by atoms with van der Waals surface area (Å²) in [5.74, 6) is 0. The molecule has 0 unspecified atom stereocenters. The number of benzene rings is 1. The molecule has 0 aromatic heterocycles. The zero-order chi connectivity index (χ0) is 8.27. The number of rotatable bonds is 2. The fraction of sp³-hybridized carbons (Fsp3) is 0.333. The maximum Gasteiger partial charge on any atom is -0.870 e. The summed E-state index contributed by atoms with van der Waals surface area (Å²) in [6.45, 7) is 0.909. The minimum Gasteiger partial charge on any atom is -0.870 e. The van der Waals surface area contributed by atoms with Crippen molar-refractivity contribution in [2.24, 2.45) is 0 Å². The average Bonchev–Trinajstić information content (AvgIpc) is 1.93. The van der Waals surface area contributed by atoms with Crippen molar-refractivity contribution in [3.05, 3.63) is 29.8 Å². The van der Waals surface area contributed by atoms with Crippen LogP contribution in [0.2, 0.25) is 0 Å². The standard InChI is InChI=1S/C9H12BN.2H2O/c1-11(2)7-8-5-3-4-6-9(8)10;;/h3-6H,7H2,1-2H3;2*1H2/q+2;;/p-2. The van der Waals surface area contributed by atoms with E-state index in [0.29, 0.717) is 0 Å². The van der Waals surface area contributed by atoms with Crippen LogP contribution in [0, 0.1) is 0 Å². The van der Waals surface area contributed by atoms with Gasteiger partial charge in [0.05, 0.1) is 0 Å². The number of nitrogens with zero attached hydrogens (tertiary/aromatic N) is 1. The Bertz CT molecular complexity index is 241. The van der Waals surface area contributed by atoms with Gasteiger partial charge >= 0.3 is 68.7 Å². The van der Waals surface area contributed by atoms with Gasteiger partial charge in [-0.2, -0.15) is 0 Å². The van der Waals surface area contributed by atoms with Crippen LogP contribution in [0.3, 0.4) is 0 Å². The maximum atomic E-state index is 5.74. The van der Waals surface area contributed by atoms with Crippen LogP contribution < -0.4 is 5.46 Å². The van der Waals surface area contributed by atoms with Crippen LogP contribution in [-0.4, -0.2) is 37.8 Å². The Hall–Kier alpha value is -0.835. The van der Waals surface area contributed by atoms with Gasteiger partial charge in [-0.3, -0.25) is 0 Å². The molecule has 0 saturated heterocycles. The van der Waals surface area contributed by atoms with E-state index in [1.807, 2.05) is 32.3 Å². The van der Waals surface area contributed by atoms with Crippen molar-refractivity contribution in [1.29, 1.82) is 0 Å². The quantitative estimate of drug-likeness (QED) is 0.608. The van der Waals surface area contributed by atoms with Crippen LogP contribution in [0.1, 0.15) is 5.56 Å². The van der Waals surface area contributed by atoms with E-state index in [1.54, 1.807) is 0 Å². The van der Waals surface area contributed by atoms with Crippen molar-refractivity contribution in [2.45, 2.75) is 6.54 Å². The molecule has 1 aromatic carbocycles. The minimum atomic E-state index is 0. The summed E-state index contributed by atoms with van der Waals surface area (Å²) in [5, 5.41) is 0. The predicted molar refractivity (Wildman–Crippen MR) is 53.1 cm³/mol. The molecule has 0 bridgehead atoms. The second-order valence-corrected chi connectivity index (χ2v) is 2.94. The van der Waals surface area contributed by atoms with Crippen LogP contribution in [0.4, 0.5) is 0 Å². The predicted octanol–water partition coefficient (Wildman–Crippen LogP) is 0.188. The monoisotopic (exact) mass is 179 g/mol. The summed E-state index contributed by atoms with van der Waals surface area (Å²) in [6, 6.07) is 7.94. The molecule has 0 aliphatic heterocycles. The third-order valence-corrected chi connectivity index (χ3v) is 1.54. The molecule has 1 aromatic rings. The summed E-state index contributed by atoms with van der Waals surface area (Å²) in [5.41, 5.74) is 2.07. The van der Waals surface area contributed by atoms with Gasteiger partial charge in [0.15, 0.2) is 0 Å². The fourth-order valence-electron chi connectivity index (χ4n) is 1.02. The van der Waals surface area contributed by atoms with E-state index in [4.69, 9.17) is 7.85 Å². The molecule has 0 aliphatic rings. The van der Waals surface area contributed by atoms with Crippen molar-refractivity contribution in [3.63, 3.8) is 0 Å². The van der Waals surface area contributed by atoms with Gasteiger partial charge in [-0.15, -0.1) is 0 Å². The second kappa shape index (κ2) is 6.66. The molecular weight excluding hydrogens is 165 g/mol. The van der Waals surface area contributed by atoms with E-state index in [0.717, 1.165) is 12.0 Å². The van der Waals surface area contributed by atoms with E-state index < -0.39 is 0 Å². The molecule has 0 spiro atoms. The first-order chi connectivity index (χ1) is 5.20. The number of hydrogen-bond donors (Lipinski definition) is 0. The van der Waals surface area contributed by atoms with E-state index in [-0.39, 0.29) is 11.0 Å². The summed E-state index contributed by atoms with van der Waals surface area (Å²) >= 11 is 0. The fourth-order valence-corrected chi connectivity index (χ4v) is 1.02. The molecular formula is C9H14BNO2. The zero-order valence-corrected chi connectivity index (χ0v) is 7.94. The summed E-state index contributed by atoms with van der Waals surface area (Å²) in [6.07, 6.45) is 0. The smallest absolute Gasteiger partial charge is 0.870 e. The van der Waals surface area contributed by atoms with E-state index in [9.17, 15) is 0 Å². The molecule has 70 valence electrons. The summed E-state index contributed by atoms with van der Waals surface area (Å²) in [4.78, 5) is 2.10. The van der Waals surface area contributed by atoms with Crippen molar-refractivity contribution in [2.75, 3.05) is 14.1 Å². The molecule has 2 N–H and O–H groups in total. The number of hydrogen-bond acceptors (Lipinski definition) is 3. The molecule has 4 heteroatoms. The SMILES string of the molecule is [B+2]c1ccccc1CN(C)C.[OH-].[OH-]. The summed E-state index contributed by atoms with van der Waals surface area (Å²) < 4.78 is 0. The van der Waals surface area contributed by atoms with Gasteiger partial charge in [0.25, 0.3) is 0 Å². The van der Waals surface area contributed by atoms with Gasteiger partial charge in [-0.1, -0.05) is 0 Å². The van der Waals surface area contributed by atoms with Gasteiger partial charge in [0, 0.05) is 0 Å². The topological polar surface area (TPSA) is 63.2 Å². The summed E-state index contributed by atoms with van der Waals surface area (Å²) in [7, 11) is 9.81. The second-order valence-electron chi connectivity index (χ2n) is 2.94. The Kier molecular flexibility index (Phi) is 7.51. The first-order valence-corrected chi connectivity index (χ1v) is 3.68. The maximum absolute atomic E-state index is 5.74. The third-order valence-electron chi connectivity index (χ3n) is 1.54. The third kappa shape index (κ3) is 4.67. The van der Waals surface area contributed by atoms with Crippen molar-refractivity contribution >= 4 is 13.3 Å².